The molecule has 9 aromatic carbocycles. The third-order valence-electron chi connectivity index (χ3n) is 12.8. The van der Waals surface area contributed by atoms with Crippen LogP contribution in [-0.2, 0) is 0 Å². The van der Waals surface area contributed by atoms with Crippen molar-refractivity contribution in [2.45, 2.75) is 0 Å². The van der Waals surface area contributed by atoms with Gasteiger partial charge in [-0.15, -0.1) is 0 Å². The predicted molar refractivity (Wildman–Crippen MR) is 245 cm³/mol. The lowest BCUT2D eigenvalue weighted by Crippen LogP contribution is -2.10. The van der Waals surface area contributed by atoms with Crippen molar-refractivity contribution in [3.05, 3.63) is 194 Å². The number of benzene rings is 9. The van der Waals surface area contributed by atoms with E-state index >= 15 is 0 Å². The summed E-state index contributed by atoms with van der Waals surface area (Å²) in [6, 6.07) is 71.3. The van der Waals surface area contributed by atoms with Crippen LogP contribution in [0.1, 0.15) is 0 Å². The third kappa shape index (κ3) is 3.66. The second kappa shape index (κ2) is 10.9. The standard InChI is InChI=1S/C54H32N4/c1-4-16-33(17-5-1)55(34-18-6-2-7-19-34)45-30-28-39-48-47(32-41-36-22-10-13-25-42(36)57-44-27-15-12-24-38(44)51(48)54(41)57)58-52(39)50(45)40-29-31-46-49(53(40)58)37-23-11-14-26-43(37)56(46)35-20-8-3-9-21-35/h1-32H. The van der Waals surface area contributed by atoms with E-state index in [1.54, 1.807) is 0 Å². The van der Waals surface area contributed by atoms with Crippen molar-refractivity contribution in [3.8, 4) is 5.69 Å². The Morgan fingerprint density at radius 1 is 0.293 bits per heavy atom. The van der Waals surface area contributed by atoms with Crippen molar-refractivity contribution in [1.29, 1.82) is 0 Å². The maximum Gasteiger partial charge on any atom is 0.0642 e. The molecule has 0 aliphatic heterocycles. The highest BCUT2D eigenvalue weighted by molar-refractivity contribution is 6.40. The quantitative estimate of drug-likeness (QED) is 0.176. The summed E-state index contributed by atoms with van der Waals surface area (Å²) < 4.78 is 7.59. The third-order valence-corrected chi connectivity index (χ3v) is 12.8. The van der Waals surface area contributed by atoms with Gasteiger partial charge >= 0.3 is 0 Å². The molecule has 0 radical (unpaired) electrons. The molecule has 5 aromatic heterocycles. The van der Waals surface area contributed by atoms with Gasteiger partial charge in [0.05, 0.1) is 49.8 Å². The molecule has 0 spiro atoms. The molecular formula is C54H32N4. The smallest absolute Gasteiger partial charge is 0.0642 e. The lowest BCUT2D eigenvalue weighted by molar-refractivity contribution is 1.18. The average Bonchev–Trinajstić information content (AvgIpc) is 4.08. The molecule has 0 N–H and O–H groups in total. The molecule has 14 aromatic rings. The SMILES string of the molecule is c1ccc(N(c2ccccc2)c2ccc3c4c5c6ccccc6n6c7ccccc7c(cc4n4c3c2c2ccc3c(c7ccccc7n3-c3ccccc3)c24)c56)cc1. The van der Waals surface area contributed by atoms with Crippen molar-refractivity contribution in [2.24, 2.45) is 0 Å². The van der Waals surface area contributed by atoms with Crippen LogP contribution in [-0.4, -0.2) is 13.4 Å². The molecule has 0 bridgehead atoms. The first-order valence-corrected chi connectivity index (χ1v) is 20.0. The van der Waals surface area contributed by atoms with Gasteiger partial charge in [0.15, 0.2) is 0 Å². The minimum atomic E-state index is 1.13. The zero-order chi connectivity index (χ0) is 37.6. The zero-order valence-electron chi connectivity index (χ0n) is 31.3. The number of hydrogen-bond acceptors (Lipinski definition) is 1. The molecule has 5 heterocycles. The first-order valence-electron chi connectivity index (χ1n) is 20.0. The van der Waals surface area contributed by atoms with Gasteiger partial charge in [0.1, 0.15) is 0 Å². The Morgan fingerprint density at radius 3 is 1.52 bits per heavy atom. The molecule has 0 saturated carbocycles. The lowest BCUT2D eigenvalue weighted by atomic mass is 9.99. The van der Waals surface area contributed by atoms with Crippen LogP contribution in [0.25, 0.3) is 104 Å². The van der Waals surface area contributed by atoms with E-state index in [1.165, 1.54) is 98.0 Å². The average molecular weight is 737 g/mol. The fourth-order valence-electron chi connectivity index (χ4n) is 10.7. The minimum absolute atomic E-state index is 1.13. The topological polar surface area (TPSA) is 17.0 Å². The fraction of sp³-hybridized carbons (Fsp3) is 0. The van der Waals surface area contributed by atoms with Crippen LogP contribution in [0.2, 0.25) is 0 Å². The number of nitrogens with zero attached hydrogens (tertiary/aromatic N) is 4. The van der Waals surface area contributed by atoms with Gasteiger partial charge < -0.3 is 18.3 Å². The van der Waals surface area contributed by atoms with Crippen LogP contribution in [0.4, 0.5) is 17.1 Å². The summed E-state index contributed by atoms with van der Waals surface area (Å²) in [7, 11) is 0. The van der Waals surface area contributed by atoms with Gasteiger partial charge in [0, 0.05) is 70.9 Å². The summed E-state index contributed by atoms with van der Waals surface area (Å²) >= 11 is 0. The second-order valence-corrected chi connectivity index (χ2v) is 15.7. The summed E-state index contributed by atoms with van der Waals surface area (Å²) in [5.41, 5.74) is 14.5. The molecule has 4 nitrogen and oxygen atoms in total. The number of anilines is 3. The summed E-state index contributed by atoms with van der Waals surface area (Å²) in [5, 5.41) is 12.8. The molecule has 0 unspecified atom stereocenters. The van der Waals surface area contributed by atoms with Gasteiger partial charge in [-0.2, -0.15) is 0 Å². The zero-order valence-corrected chi connectivity index (χ0v) is 31.3. The van der Waals surface area contributed by atoms with E-state index in [0.29, 0.717) is 0 Å². The largest absolute Gasteiger partial charge is 0.310 e. The molecule has 0 fully saturated rings. The lowest BCUT2D eigenvalue weighted by Gasteiger charge is -2.26. The van der Waals surface area contributed by atoms with Crippen LogP contribution in [0, 0.1) is 0 Å². The Balaban J connectivity index is 1.27. The maximum absolute atomic E-state index is 2.64. The molecule has 0 atom stereocenters. The van der Waals surface area contributed by atoms with Gasteiger partial charge in [-0.25, -0.2) is 0 Å². The first-order chi connectivity index (χ1) is 28.8. The Labute approximate surface area is 331 Å². The van der Waals surface area contributed by atoms with E-state index in [-0.39, 0.29) is 0 Å². The van der Waals surface area contributed by atoms with Crippen molar-refractivity contribution in [2.75, 3.05) is 4.90 Å². The van der Waals surface area contributed by atoms with E-state index in [1.807, 2.05) is 0 Å². The predicted octanol–water partition coefficient (Wildman–Crippen LogP) is 14.6. The molecule has 268 valence electrons. The van der Waals surface area contributed by atoms with Crippen LogP contribution in [0.15, 0.2) is 194 Å². The molecular weight excluding hydrogens is 705 g/mol. The van der Waals surface area contributed by atoms with Crippen molar-refractivity contribution in [1.82, 2.24) is 13.4 Å². The summed E-state index contributed by atoms with van der Waals surface area (Å²) in [6.07, 6.45) is 0. The number of rotatable bonds is 4. The summed E-state index contributed by atoms with van der Waals surface area (Å²) in [5.74, 6) is 0. The first kappa shape index (κ1) is 30.4. The van der Waals surface area contributed by atoms with E-state index in [2.05, 4.69) is 212 Å². The molecule has 4 heteroatoms. The maximum atomic E-state index is 2.64. The highest BCUT2D eigenvalue weighted by atomic mass is 15.1. The Hall–Kier alpha value is -7.82. The summed E-state index contributed by atoms with van der Waals surface area (Å²) in [6.45, 7) is 0. The normalized spacial score (nSPS) is 12.5. The molecule has 14 rings (SSSR count). The van der Waals surface area contributed by atoms with E-state index < -0.39 is 0 Å². The van der Waals surface area contributed by atoms with Crippen molar-refractivity contribution >= 4 is 115 Å². The van der Waals surface area contributed by atoms with Crippen molar-refractivity contribution < 1.29 is 0 Å². The van der Waals surface area contributed by atoms with Gasteiger partial charge in [-0.3, -0.25) is 0 Å². The van der Waals surface area contributed by atoms with Crippen LogP contribution >= 0.6 is 0 Å². The minimum Gasteiger partial charge on any atom is -0.310 e. The van der Waals surface area contributed by atoms with E-state index in [9.17, 15) is 0 Å². The number of aromatic nitrogens is 3. The van der Waals surface area contributed by atoms with Gasteiger partial charge in [0.2, 0.25) is 0 Å². The summed E-state index contributed by atoms with van der Waals surface area (Å²) in [4.78, 5) is 2.44. The van der Waals surface area contributed by atoms with Gasteiger partial charge in [-0.1, -0.05) is 115 Å². The number of fused-ring (bicyclic) bond motifs is 17. The number of hydrogen-bond donors (Lipinski definition) is 0. The highest BCUT2D eigenvalue weighted by Gasteiger charge is 2.29. The fourth-order valence-corrected chi connectivity index (χ4v) is 10.7. The van der Waals surface area contributed by atoms with Gasteiger partial charge in [0.25, 0.3) is 0 Å². The highest BCUT2D eigenvalue weighted by Crippen LogP contribution is 2.53. The monoisotopic (exact) mass is 736 g/mol. The van der Waals surface area contributed by atoms with Gasteiger partial charge in [-0.05, 0) is 78.9 Å². The van der Waals surface area contributed by atoms with Crippen LogP contribution in [0.3, 0.4) is 0 Å². The van der Waals surface area contributed by atoms with Crippen molar-refractivity contribution in [3.63, 3.8) is 0 Å². The number of para-hydroxylation sites is 6. The Kier molecular flexibility index (Phi) is 5.73. The molecule has 0 aliphatic carbocycles. The molecule has 0 amide bonds. The van der Waals surface area contributed by atoms with Crippen LogP contribution in [0.5, 0.6) is 0 Å². The molecule has 0 saturated heterocycles. The molecule has 58 heavy (non-hydrogen) atoms. The van der Waals surface area contributed by atoms with E-state index in [4.69, 9.17) is 0 Å². The molecule has 0 aliphatic rings. The van der Waals surface area contributed by atoms with E-state index in [0.717, 1.165) is 22.7 Å². The van der Waals surface area contributed by atoms with Crippen LogP contribution < -0.4 is 4.90 Å². The Morgan fingerprint density at radius 2 is 0.810 bits per heavy atom. The Bertz CT molecular complexity index is 3910. The second-order valence-electron chi connectivity index (χ2n) is 15.7.